The predicted molar refractivity (Wildman–Crippen MR) is 73.1 cm³/mol. The van der Waals surface area contributed by atoms with Crippen LogP contribution in [0, 0.1) is 0 Å². The predicted octanol–water partition coefficient (Wildman–Crippen LogP) is 2.22. The highest BCUT2D eigenvalue weighted by Gasteiger charge is 2.56. The molecule has 1 aromatic heterocycles. The molecule has 3 rings (SSSR count). The summed E-state index contributed by atoms with van der Waals surface area (Å²) in [5, 5.41) is 23.4. The normalized spacial score (nSPS) is 24.5. The fourth-order valence-corrected chi connectivity index (χ4v) is 2.39. The fraction of sp³-hybridized carbons (Fsp3) is 0.143. The molecule has 0 aliphatic carbocycles. The summed E-state index contributed by atoms with van der Waals surface area (Å²) in [7, 11) is 0. The summed E-state index contributed by atoms with van der Waals surface area (Å²) in [6.07, 6.45) is 0. The van der Waals surface area contributed by atoms with Crippen LogP contribution in [0.3, 0.4) is 0 Å². The lowest BCUT2D eigenvalue weighted by atomic mass is 9.86. The highest BCUT2D eigenvalue weighted by molar-refractivity contribution is 6.29. The van der Waals surface area contributed by atoms with Crippen molar-refractivity contribution in [1.29, 1.82) is 0 Å². The molecule has 0 radical (unpaired) electrons. The second-order valence-electron chi connectivity index (χ2n) is 4.52. The van der Waals surface area contributed by atoms with Crippen molar-refractivity contribution in [3.8, 4) is 0 Å². The minimum Gasteiger partial charge on any atom is -0.476 e. The van der Waals surface area contributed by atoms with Crippen LogP contribution >= 0.6 is 11.6 Å². The van der Waals surface area contributed by atoms with Gasteiger partial charge in [0.25, 0.3) is 0 Å². The van der Waals surface area contributed by atoms with E-state index in [-0.39, 0.29) is 16.7 Å². The highest BCUT2D eigenvalue weighted by atomic mass is 35.5. The largest absolute Gasteiger partial charge is 0.476 e. The lowest BCUT2D eigenvalue weighted by Crippen LogP contribution is -2.45. The summed E-state index contributed by atoms with van der Waals surface area (Å²) < 4.78 is 5.24. The van der Waals surface area contributed by atoms with Gasteiger partial charge in [0.15, 0.2) is 11.0 Å². The lowest BCUT2D eigenvalue weighted by molar-refractivity contribution is -0.218. The second-order valence-corrected chi connectivity index (χ2v) is 4.89. The number of aliphatic carboxylic acids is 1. The third kappa shape index (κ3) is 2.18. The van der Waals surface area contributed by atoms with Crippen molar-refractivity contribution in [2.45, 2.75) is 11.7 Å². The Bertz CT molecular complexity index is 711. The lowest BCUT2D eigenvalue weighted by Gasteiger charge is -2.23. The summed E-state index contributed by atoms with van der Waals surface area (Å²) in [5.74, 6) is -4.81. The number of oxime groups is 1. The van der Waals surface area contributed by atoms with Crippen molar-refractivity contribution in [3.63, 3.8) is 0 Å². The summed E-state index contributed by atoms with van der Waals surface area (Å²) in [6, 6.07) is 11.6. The summed E-state index contributed by atoms with van der Waals surface area (Å²) in [5.41, 5.74) is 0.698. The quantitative estimate of drug-likeness (QED) is 0.907. The molecule has 1 aliphatic rings. The molecule has 1 aliphatic heterocycles. The van der Waals surface area contributed by atoms with E-state index in [1.165, 1.54) is 12.1 Å². The molecule has 2 aromatic rings. The average molecular weight is 308 g/mol. The number of hydrogen-bond donors (Lipinski definition) is 2. The van der Waals surface area contributed by atoms with Crippen LogP contribution < -0.4 is 0 Å². The zero-order valence-corrected chi connectivity index (χ0v) is 11.3. The zero-order valence-electron chi connectivity index (χ0n) is 10.6. The standard InChI is InChI=1S/C14H10ClNO5/c15-10-7-6-9(20-10)12-11(8-4-2-1-3-5-8)14(19,13(17)18)21-16-12/h1-7,11,19H,(H,17,18). The van der Waals surface area contributed by atoms with Gasteiger partial charge in [-0.05, 0) is 29.3 Å². The number of halogens is 1. The number of benzene rings is 1. The van der Waals surface area contributed by atoms with Crippen molar-refractivity contribution in [2.75, 3.05) is 0 Å². The molecular formula is C14H10ClNO5. The van der Waals surface area contributed by atoms with Crippen molar-refractivity contribution in [1.82, 2.24) is 0 Å². The first-order valence-electron chi connectivity index (χ1n) is 6.05. The minimum absolute atomic E-state index is 0.130. The Morgan fingerprint density at radius 3 is 2.52 bits per heavy atom. The topological polar surface area (TPSA) is 92.3 Å². The third-order valence-corrected chi connectivity index (χ3v) is 3.42. The number of aliphatic hydroxyl groups is 1. The number of hydrogen-bond acceptors (Lipinski definition) is 5. The molecule has 0 saturated heterocycles. The van der Waals surface area contributed by atoms with E-state index < -0.39 is 17.7 Å². The van der Waals surface area contributed by atoms with E-state index in [4.69, 9.17) is 20.9 Å². The van der Waals surface area contributed by atoms with E-state index in [2.05, 4.69) is 5.16 Å². The van der Waals surface area contributed by atoms with E-state index in [1.54, 1.807) is 30.3 Å². The Hall–Kier alpha value is -2.31. The van der Waals surface area contributed by atoms with Gasteiger partial charge in [-0.15, -0.1) is 0 Å². The molecule has 108 valence electrons. The Balaban J connectivity index is 2.11. The van der Waals surface area contributed by atoms with E-state index in [1.807, 2.05) is 0 Å². The van der Waals surface area contributed by atoms with E-state index in [0.717, 1.165) is 0 Å². The van der Waals surface area contributed by atoms with Crippen LogP contribution in [0.25, 0.3) is 0 Å². The van der Waals surface area contributed by atoms with Gasteiger partial charge in [-0.2, -0.15) is 0 Å². The molecule has 2 heterocycles. The Morgan fingerprint density at radius 2 is 1.95 bits per heavy atom. The minimum atomic E-state index is -2.49. The van der Waals surface area contributed by atoms with Gasteiger partial charge in [0.05, 0.1) is 0 Å². The van der Waals surface area contributed by atoms with Gasteiger partial charge in [0.1, 0.15) is 11.6 Å². The molecule has 21 heavy (non-hydrogen) atoms. The Kier molecular flexibility index (Phi) is 3.19. The van der Waals surface area contributed by atoms with Crippen molar-refractivity contribution >= 4 is 23.3 Å². The maximum absolute atomic E-state index is 11.4. The first kappa shape index (κ1) is 13.7. The third-order valence-electron chi connectivity index (χ3n) is 3.21. The van der Waals surface area contributed by atoms with Crippen molar-refractivity contribution in [3.05, 3.63) is 59.0 Å². The molecule has 0 saturated carbocycles. The van der Waals surface area contributed by atoms with Crippen LogP contribution in [0.5, 0.6) is 0 Å². The van der Waals surface area contributed by atoms with Gasteiger partial charge in [-0.1, -0.05) is 35.5 Å². The van der Waals surface area contributed by atoms with E-state index in [0.29, 0.717) is 5.56 Å². The number of rotatable bonds is 3. The first-order chi connectivity index (χ1) is 10.0. The number of carbonyl (C=O) groups is 1. The van der Waals surface area contributed by atoms with Crippen molar-refractivity contribution < 1.29 is 24.3 Å². The summed E-state index contributed by atoms with van der Waals surface area (Å²) in [4.78, 5) is 16.2. The molecule has 2 atom stereocenters. The Labute approximate surface area is 124 Å². The van der Waals surface area contributed by atoms with Gasteiger partial charge in [-0.3, -0.25) is 0 Å². The number of carboxylic acids is 1. The van der Waals surface area contributed by atoms with Crippen LogP contribution in [0.15, 0.2) is 52.0 Å². The zero-order chi connectivity index (χ0) is 15.0. The first-order valence-corrected chi connectivity index (χ1v) is 6.42. The van der Waals surface area contributed by atoms with Crippen LogP contribution in [-0.4, -0.2) is 27.7 Å². The van der Waals surface area contributed by atoms with Crippen LogP contribution in [0.1, 0.15) is 17.2 Å². The molecule has 2 unspecified atom stereocenters. The fourth-order valence-electron chi connectivity index (χ4n) is 2.24. The smallest absolute Gasteiger partial charge is 0.380 e. The molecule has 0 amide bonds. The van der Waals surface area contributed by atoms with Crippen molar-refractivity contribution in [2.24, 2.45) is 5.16 Å². The van der Waals surface area contributed by atoms with Crippen LogP contribution in [0.2, 0.25) is 5.22 Å². The Morgan fingerprint density at radius 1 is 1.24 bits per heavy atom. The SMILES string of the molecule is O=C(O)C1(O)ON=C(c2ccc(Cl)o2)C1c1ccccc1. The molecule has 7 heteroatoms. The van der Waals surface area contributed by atoms with Gasteiger partial charge in [0, 0.05) is 0 Å². The van der Waals surface area contributed by atoms with Crippen LogP contribution in [0.4, 0.5) is 0 Å². The molecular weight excluding hydrogens is 298 g/mol. The van der Waals surface area contributed by atoms with Gasteiger partial charge < -0.3 is 19.5 Å². The molecule has 1 aromatic carbocycles. The average Bonchev–Trinajstić information content (AvgIpc) is 3.04. The van der Waals surface area contributed by atoms with Gasteiger partial charge in [0.2, 0.25) is 0 Å². The summed E-state index contributed by atoms with van der Waals surface area (Å²) >= 11 is 5.72. The highest BCUT2D eigenvalue weighted by Crippen LogP contribution is 2.39. The van der Waals surface area contributed by atoms with Crippen LogP contribution in [-0.2, 0) is 9.63 Å². The molecule has 0 spiro atoms. The number of furan rings is 1. The second kappa shape index (κ2) is 4.91. The maximum Gasteiger partial charge on any atom is 0.380 e. The maximum atomic E-state index is 11.4. The molecule has 0 bridgehead atoms. The number of nitrogens with zero attached hydrogens (tertiary/aromatic N) is 1. The molecule has 0 fully saturated rings. The van der Waals surface area contributed by atoms with Gasteiger partial charge >= 0.3 is 11.8 Å². The number of carboxylic acid groups (broad SMARTS) is 1. The summed E-state index contributed by atoms with van der Waals surface area (Å²) in [6.45, 7) is 0. The van der Waals surface area contributed by atoms with Gasteiger partial charge in [-0.25, -0.2) is 4.79 Å². The van der Waals surface area contributed by atoms with E-state index >= 15 is 0 Å². The van der Waals surface area contributed by atoms with E-state index in [9.17, 15) is 15.0 Å². The monoisotopic (exact) mass is 307 g/mol. The molecule has 2 N–H and O–H groups in total. The molecule has 6 nitrogen and oxygen atoms in total.